The van der Waals surface area contributed by atoms with Crippen LogP contribution in [-0.2, 0) is 0 Å². The summed E-state index contributed by atoms with van der Waals surface area (Å²) in [6.07, 6.45) is 2.17. The van der Waals surface area contributed by atoms with Gasteiger partial charge >= 0.3 is 0 Å². The van der Waals surface area contributed by atoms with E-state index in [2.05, 4.69) is 29.1 Å². The molecule has 17 heavy (non-hydrogen) atoms. The van der Waals surface area contributed by atoms with E-state index >= 15 is 0 Å². The maximum Gasteiger partial charge on any atom is 0.129 e. The first-order valence-electron chi connectivity index (χ1n) is 6.05. The number of hydrogen-bond acceptors (Lipinski definition) is 3. The zero-order valence-corrected chi connectivity index (χ0v) is 11.9. The van der Waals surface area contributed by atoms with Gasteiger partial charge in [0, 0.05) is 24.2 Å². The number of alkyl halides is 1. The highest BCUT2D eigenvalue weighted by atomic mass is 35.5. The largest absolute Gasteiger partial charge is 0.369 e. The molecular formula is C13H22ClN3. The van der Waals surface area contributed by atoms with Gasteiger partial charge in [0.1, 0.15) is 11.6 Å². The van der Waals surface area contributed by atoms with Gasteiger partial charge in [-0.3, -0.25) is 0 Å². The van der Waals surface area contributed by atoms with E-state index in [0.717, 1.165) is 42.6 Å². The fraction of sp³-hybridized carbons (Fsp3) is 0.692. The molecule has 0 saturated heterocycles. The van der Waals surface area contributed by atoms with Gasteiger partial charge in [-0.05, 0) is 32.1 Å². The third-order valence-corrected chi connectivity index (χ3v) is 2.97. The van der Waals surface area contributed by atoms with Crippen LogP contribution < -0.4 is 5.32 Å². The van der Waals surface area contributed by atoms with Gasteiger partial charge in [0.15, 0.2) is 0 Å². The molecule has 1 N–H and O–H groups in total. The molecule has 3 nitrogen and oxygen atoms in total. The van der Waals surface area contributed by atoms with Gasteiger partial charge in [-0.1, -0.05) is 13.8 Å². The fourth-order valence-corrected chi connectivity index (χ4v) is 1.90. The number of nitrogens with zero attached hydrogens (tertiary/aromatic N) is 2. The Morgan fingerprint density at radius 1 is 1.29 bits per heavy atom. The predicted molar refractivity (Wildman–Crippen MR) is 73.7 cm³/mol. The van der Waals surface area contributed by atoms with Crippen LogP contribution in [0.4, 0.5) is 5.82 Å². The van der Waals surface area contributed by atoms with Crippen LogP contribution in [0.3, 0.4) is 0 Å². The van der Waals surface area contributed by atoms with E-state index in [4.69, 9.17) is 11.6 Å². The van der Waals surface area contributed by atoms with Crippen molar-refractivity contribution in [1.29, 1.82) is 0 Å². The van der Waals surface area contributed by atoms with Crippen LogP contribution in [0.25, 0.3) is 0 Å². The lowest BCUT2D eigenvalue weighted by Gasteiger charge is -2.25. The second-order valence-electron chi connectivity index (χ2n) is 5.25. The standard InChI is InChI=1S/C13H22ClN3/c1-10-8-12(17-11(2)16-10)15-9-13(3,4)6-5-7-14/h8H,5-7,9H2,1-4H3,(H,15,16,17). The van der Waals surface area contributed by atoms with E-state index in [1.165, 1.54) is 0 Å². The lowest BCUT2D eigenvalue weighted by atomic mass is 9.88. The number of nitrogens with one attached hydrogen (secondary N) is 1. The van der Waals surface area contributed by atoms with Crippen LogP contribution in [-0.4, -0.2) is 22.4 Å². The van der Waals surface area contributed by atoms with Crippen molar-refractivity contribution in [1.82, 2.24) is 9.97 Å². The topological polar surface area (TPSA) is 37.8 Å². The summed E-state index contributed by atoms with van der Waals surface area (Å²) < 4.78 is 0. The molecule has 0 radical (unpaired) electrons. The maximum absolute atomic E-state index is 5.73. The lowest BCUT2D eigenvalue weighted by molar-refractivity contribution is 0.355. The van der Waals surface area contributed by atoms with Crippen LogP contribution in [0, 0.1) is 19.3 Å². The van der Waals surface area contributed by atoms with Crippen molar-refractivity contribution in [2.75, 3.05) is 17.7 Å². The molecule has 1 heterocycles. The number of aromatic nitrogens is 2. The van der Waals surface area contributed by atoms with E-state index in [-0.39, 0.29) is 5.41 Å². The Hall–Kier alpha value is -0.830. The summed E-state index contributed by atoms with van der Waals surface area (Å²) >= 11 is 5.73. The van der Waals surface area contributed by atoms with Gasteiger partial charge in [-0.2, -0.15) is 0 Å². The highest BCUT2D eigenvalue weighted by molar-refractivity contribution is 6.17. The smallest absolute Gasteiger partial charge is 0.129 e. The molecule has 0 spiro atoms. The Morgan fingerprint density at radius 2 is 2.00 bits per heavy atom. The van der Waals surface area contributed by atoms with Gasteiger partial charge in [-0.15, -0.1) is 11.6 Å². The first kappa shape index (κ1) is 14.2. The Bertz CT molecular complexity index is 343. The van der Waals surface area contributed by atoms with Crippen LogP contribution in [0.1, 0.15) is 38.2 Å². The molecule has 0 saturated carbocycles. The SMILES string of the molecule is Cc1cc(NCC(C)(C)CCCCl)nc(C)n1. The minimum atomic E-state index is 0.238. The summed E-state index contributed by atoms with van der Waals surface area (Å²) in [5.74, 6) is 2.45. The Balaban J connectivity index is 2.54. The van der Waals surface area contributed by atoms with Crippen LogP contribution in [0.15, 0.2) is 6.07 Å². The van der Waals surface area contributed by atoms with Gasteiger partial charge < -0.3 is 5.32 Å². The highest BCUT2D eigenvalue weighted by Gasteiger charge is 2.17. The molecule has 0 aromatic carbocycles. The molecule has 1 aromatic heterocycles. The summed E-state index contributed by atoms with van der Waals surface area (Å²) in [5.41, 5.74) is 1.24. The first-order chi connectivity index (χ1) is 7.93. The fourth-order valence-electron chi connectivity index (χ4n) is 1.77. The number of hydrogen-bond donors (Lipinski definition) is 1. The third kappa shape index (κ3) is 5.35. The molecular weight excluding hydrogens is 234 g/mol. The Kier molecular flexibility index (Phi) is 5.19. The van der Waals surface area contributed by atoms with E-state index in [9.17, 15) is 0 Å². The molecule has 0 unspecified atom stereocenters. The summed E-state index contributed by atoms with van der Waals surface area (Å²) in [6, 6.07) is 1.98. The second-order valence-corrected chi connectivity index (χ2v) is 5.63. The lowest BCUT2D eigenvalue weighted by Crippen LogP contribution is -2.23. The molecule has 96 valence electrons. The summed E-state index contributed by atoms with van der Waals surface area (Å²) in [6.45, 7) is 9.29. The summed E-state index contributed by atoms with van der Waals surface area (Å²) in [4.78, 5) is 8.63. The van der Waals surface area contributed by atoms with Crippen molar-refractivity contribution in [3.8, 4) is 0 Å². The Morgan fingerprint density at radius 3 is 2.59 bits per heavy atom. The van der Waals surface area contributed by atoms with Crippen molar-refractivity contribution >= 4 is 17.4 Å². The summed E-state index contributed by atoms with van der Waals surface area (Å²) in [7, 11) is 0. The molecule has 0 aliphatic rings. The van der Waals surface area contributed by atoms with Crippen LogP contribution >= 0.6 is 11.6 Å². The quantitative estimate of drug-likeness (QED) is 0.790. The number of rotatable bonds is 6. The normalized spacial score (nSPS) is 11.6. The van der Waals surface area contributed by atoms with Gasteiger partial charge in [0.2, 0.25) is 0 Å². The monoisotopic (exact) mass is 255 g/mol. The molecule has 0 fully saturated rings. The summed E-state index contributed by atoms with van der Waals surface area (Å²) in [5, 5.41) is 3.38. The van der Waals surface area contributed by atoms with Crippen molar-refractivity contribution in [2.24, 2.45) is 5.41 Å². The highest BCUT2D eigenvalue weighted by Crippen LogP contribution is 2.23. The average molecular weight is 256 g/mol. The molecule has 1 rings (SSSR count). The zero-order valence-electron chi connectivity index (χ0n) is 11.2. The first-order valence-corrected chi connectivity index (χ1v) is 6.58. The van der Waals surface area contributed by atoms with E-state index < -0.39 is 0 Å². The van der Waals surface area contributed by atoms with E-state index in [0.29, 0.717) is 0 Å². The van der Waals surface area contributed by atoms with Gasteiger partial charge in [0.05, 0.1) is 0 Å². The number of aryl methyl sites for hydroxylation is 2. The second kappa shape index (κ2) is 6.20. The molecule has 0 aliphatic carbocycles. The van der Waals surface area contributed by atoms with Crippen molar-refractivity contribution in [3.63, 3.8) is 0 Å². The van der Waals surface area contributed by atoms with Crippen molar-refractivity contribution in [2.45, 2.75) is 40.5 Å². The minimum absolute atomic E-state index is 0.238. The third-order valence-electron chi connectivity index (χ3n) is 2.70. The number of anilines is 1. The molecule has 0 atom stereocenters. The van der Waals surface area contributed by atoms with Gasteiger partial charge in [0.25, 0.3) is 0 Å². The maximum atomic E-state index is 5.73. The molecule has 0 aliphatic heterocycles. The Labute approximate surface area is 109 Å². The average Bonchev–Trinajstić information content (AvgIpc) is 2.23. The molecule has 0 amide bonds. The minimum Gasteiger partial charge on any atom is -0.369 e. The van der Waals surface area contributed by atoms with E-state index in [1.807, 2.05) is 19.9 Å². The number of halogens is 1. The van der Waals surface area contributed by atoms with Crippen LogP contribution in [0.5, 0.6) is 0 Å². The van der Waals surface area contributed by atoms with E-state index in [1.54, 1.807) is 0 Å². The zero-order chi connectivity index (χ0) is 12.9. The van der Waals surface area contributed by atoms with Crippen molar-refractivity contribution in [3.05, 3.63) is 17.6 Å². The van der Waals surface area contributed by atoms with Crippen molar-refractivity contribution < 1.29 is 0 Å². The van der Waals surface area contributed by atoms with Gasteiger partial charge in [-0.25, -0.2) is 9.97 Å². The molecule has 4 heteroatoms. The molecule has 0 bridgehead atoms. The van der Waals surface area contributed by atoms with Crippen LogP contribution in [0.2, 0.25) is 0 Å². The molecule has 1 aromatic rings. The predicted octanol–water partition coefficient (Wildman–Crippen LogP) is 3.55.